The van der Waals surface area contributed by atoms with Crippen molar-refractivity contribution < 1.29 is 9.84 Å². The summed E-state index contributed by atoms with van der Waals surface area (Å²) < 4.78 is 8.17. The summed E-state index contributed by atoms with van der Waals surface area (Å²) in [4.78, 5) is 1.11. The van der Waals surface area contributed by atoms with Crippen LogP contribution in [0.25, 0.3) is 10.7 Å². The van der Waals surface area contributed by atoms with Crippen LogP contribution in [-0.2, 0) is 17.7 Å². The largest absolute Gasteiger partial charge is 0.390 e. The molecule has 0 unspecified atom stereocenters. The van der Waals surface area contributed by atoms with Crippen molar-refractivity contribution in [1.82, 2.24) is 14.8 Å². The van der Waals surface area contributed by atoms with Gasteiger partial charge in [0.2, 0.25) is 0 Å². The van der Waals surface area contributed by atoms with Gasteiger partial charge >= 0.3 is 0 Å². The molecule has 0 saturated heterocycles. The predicted octanol–water partition coefficient (Wildman–Crippen LogP) is 4.57. The Hall–Kier alpha value is -1.67. The number of ether oxygens (including phenoxy) is 1. The standard InChI is InChI=1S/C21H25N3O2S2/c1-2-24-20(19-11-6-12-27-19)22-23-21(24)28-14-16(25)13-26-18-10-5-8-15-7-3-4-9-17(15)18/h3-4,6-7,9,11-12,16,18,25H,2,5,8,10,13-14H2,1H3/t16-,18+/m0/s1. The van der Waals surface area contributed by atoms with Crippen LogP contribution in [0.5, 0.6) is 0 Å². The summed E-state index contributed by atoms with van der Waals surface area (Å²) in [5, 5.41) is 22.0. The lowest BCUT2D eigenvalue weighted by atomic mass is 9.89. The number of aryl methyl sites for hydroxylation is 1. The van der Waals surface area contributed by atoms with Crippen LogP contribution >= 0.6 is 23.1 Å². The van der Waals surface area contributed by atoms with Crippen LogP contribution < -0.4 is 0 Å². The molecule has 0 spiro atoms. The van der Waals surface area contributed by atoms with Crippen LogP contribution in [-0.4, -0.2) is 38.3 Å². The van der Waals surface area contributed by atoms with E-state index in [2.05, 4.69) is 52.0 Å². The van der Waals surface area contributed by atoms with Gasteiger partial charge in [-0.25, -0.2) is 0 Å². The minimum atomic E-state index is -0.536. The van der Waals surface area contributed by atoms with Crippen molar-refractivity contribution in [2.75, 3.05) is 12.4 Å². The smallest absolute Gasteiger partial charge is 0.191 e. The minimum Gasteiger partial charge on any atom is -0.390 e. The van der Waals surface area contributed by atoms with Gasteiger partial charge < -0.3 is 14.4 Å². The highest BCUT2D eigenvalue weighted by atomic mass is 32.2. The first-order valence-corrected chi connectivity index (χ1v) is 11.6. The van der Waals surface area contributed by atoms with E-state index in [4.69, 9.17) is 4.74 Å². The molecule has 1 aromatic carbocycles. The number of aromatic nitrogens is 3. The van der Waals surface area contributed by atoms with Crippen molar-refractivity contribution in [3.63, 3.8) is 0 Å². The molecule has 0 fully saturated rings. The Labute approximate surface area is 173 Å². The van der Waals surface area contributed by atoms with E-state index in [-0.39, 0.29) is 6.10 Å². The van der Waals surface area contributed by atoms with Gasteiger partial charge in [0.25, 0.3) is 0 Å². The molecule has 2 atom stereocenters. The number of hydrogen-bond acceptors (Lipinski definition) is 6. The fourth-order valence-corrected chi connectivity index (χ4v) is 5.22. The molecule has 0 bridgehead atoms. The molecule has 2 heterocycles. The summed E-state index contributed by atoms with van der Waals surface area (Å²) in [7, 11) is 0. The van der Waals surface area contributed by atoms with Crippen molar-refractivity contribution in [3.05, 3.63) is 52.9 Å². The molecule has 4 rings (SSSR count). The summed E-state index contributed by atoms with van der Waals surface area (Å²) in [6.45, 7) is 3.22. The maximum absolute atomic E-state index is 10.4. The molecule has 0 radical (unpaired) electrons. The topological polar surface area (TPSA) is 60.2 Å². The third-order valence-corrected chi connectivity index (χ3v) is 6.96. The van der Waals surface area contributed by atoms with E-state index in [9.17, 15) is 5.11 Å². The summed E-state index contributed by atoms with van der Waals surface area (Å²) in [6, 6.07) is 12.6. The van der Waals surface area contributed by atoms with Gasteiger partial charge in [-0.15, -0.1) is 21.5 Å². The van der Waals surface area contributed by atoms with E-state index in [1.54, 1.807) is 11.3 Å². The summed E-state index contributed by atoms with van der Waals surface area (Å²) in [5.41, 5.74) is 2.65. The molecular weight excluding hydrogens is 390 g/mol. The van der Waals surface area contributed by atoms with Gasteiger partial charge in [-0.1, -0.05) is 42.1 Å². The van der Waals surface area contributed by atoms with E-state index < -0.39 is 6.10 Å². The SMILES string of the molecule is CCn1c(SC[C@@H](O)CO[C@@H]2CCCc3ccccc32)nnc1-c1cccs1. The predicted molar refractivity (Wildman–Crippen MR) is 114 cm³/mol. The molecule has 148 valence electrons. The van der Waals surface area contributed by atoms with Crippen LogP contribution in [0.1, 0.15) is 37.0 Å². The molecule has 1 N–H and O–H groups in total. The zero-order chi connectivity index (χ0) is 19.3. The van der Waals surface area contributed by atoms with E-state index in [1.807, 2.05) is 11.4 Å². The quantitative estimate of drug-likeness (QED) is 0.546. The molecule has 5 nitrogen and oxygen atoms in total. The van der Waals surface area contributed by atoms with Gasteiger partial charge in [0, 0.05) is 12.3 Å². The first-order chi connectivity index (χ1) is 13.8. The van der Waals surface area contributed by atoms with E-state index in [0.29, 0.717) is 12.4 Å². The first kappa shape index (κ1) is 19.6. The Morgan fingerprint density at radius 2 is 2.18 bits per heavy atom. The van der Waals surface area contributed by atoms with Crippen molar-refractivity contribution in [3.8, 4) is 10.7 Å². The second-order valence-electron chi connectivity index (χ2n) is 6.91. The Balaban J connectivity index is 1.33. The Morgan fingerprint density at radius 3 is 3.00 bits per heavy atom. The zero-order valence-corrected chi connectivity index (χ0v) is 17.6. The van der Waals surface area contributed by atoms with Crippen LogP contribution in [0.2, 0.25) is 0 Å². The number of thiophene rings is 1. The van der Waals surface area contributed by atoms with Gasteiger partial charge in [0.05, 0.1) is 23.7 Å². The molecule has 2 aromatic heterocycles. The summed E-state index contributed by atoms with van der Waals surface area (Å²) in [5.74, 6) is 1.43. The third kappa shape index (κ3) is 4.33. The van der Waals surface area contributed by atoms with Gasteiger partial charge in [0.15, 0.2) is 11.0 Å². The van der Waals surface area contributed by atoms with Gasteiger partial charge in [0.1, 0.15) is 0 Å². The molecule has 1 aliphatic rings. The number of aliphatic hydroxyl groups excluding tert-OH is 1. The van der Waals surface area contributed by atoms with Crippen LogP contribution in [0.15, 0.2) is 46.9 Å². The van der Waals surface area contributed by atoms with Gasteiger partial charge in [-0.05, 0) is 48.8 Å². The molecule has 1 aliphatic carbocycles. The van der Waals surface area contributed by atoms with Crippen LogP contribution in [0, 0.1) is 0 Å². The number of hydrogen-bond donors (Lipinski definition) is 1. The third-order valence-electron chi connectivity index (χ3n) is 4.98. The van der Waals surface area contributed by atoms with Gasteiger partial charge in [-0.2, -0.15) is 0 Å². The molecule has 7 heteroatoms. The number of nitrogens with zero attached hydrogens (tertiary/aromatic N) is 3. The maximum atomic E-state index is 10.4. The van der Waals surface area contributed by atoms with Crippen LogP contribution in [0.3, 0.4) is 0 Å². The van der Waals surface area contributed by atoms with Crippen molar-refractivity contribution in [2.45, 2.75) is 50.1 Å². The molecule has 3 aromatic rings. The summed E-state index contributed by atoms with van der Waals surface area (Å²) in [6.07, 6.45) is 2.83. The highest BCUT2D eigenvalue weighted by molar-refractivity contribution is 7.99. The van der Waals surface area contributed by atoms with Gasteiger partial charge in [-0.3, -0.25) is 0 Å². The Morgan fingerprint density at radius 1 is 1.29 bits per heavy atom. The zero-order valence-electron chi connectivity index (χ0n) is 16.0. The number of aliphatic hydroxyl groups is 1. The number of thioether (sulfide) groups is 1. The van der Waals surface area contributed by atoms with E-state index in [0.717, 1.165) is 41.7 Å². The number of rotatable bonds is 8. The highest BCUT2D eigenvalue weighted by Gasteiger charge is 2.22. The maximum Gasteiger partial charge on any atom is 0.191 e. The fraction of sp³-hybridized carbons (Fsp3) is 0.429. The Bertz CT molecular complexity index is 895. The highest BCUT2D eigenvalue weighted by Crippen LogP contribution is 2.32. The first-order valence-electron chi connectivity index (χ1n) is 9.73. The minimum absolute atomic E-state index is 0.0920. The second kappa shape index (κ2) is 9.22. The van der Waals surface area contributed by atoms with Crippen LogP contribution in [0.4, 0.5) is 0 Å². The Kier molecular flexibility index (Phi) is 6.47. The van der Waals surface area contributed by atoms with Crippen molar-refractivity contribution >= 4 is 23.1 Å². The monoisotopic (exact) mass is 415 g/mol. The normalized spacial score (nSPS) is 17.4. The fourth-order valence-electron chi connectivity index (χ4n) is 3.60. The van der Waals surface area contributed by atoms with Crippen molar-refractivity contribution in [1.29, 1.82) is 0 Å². The molecular formula is C21H25N3O2S2. The average Bonchev–Trinajstić information content (AvgIpc) is 3.39. The van der Waals surface area contributed by atoms with Crippen molar-refractivity contribution in [2.24, 2.45) is 0 Å². The second-order valence-corrected chi connectivity index (χ2v) is 8.84. The molecule has 0 aliphatic heterocycles. The number of fused-ring (bicyclic) bond motifs is 1. The molecule has 0 amide bonds. The molecule has 28 heavy (non-hydrogen) atoms. The lowest BCUT2D eigenvalue weighted by Gasteiger charge is -2.26. The average molecular weight is 416 g/mol. The van der Waals surface area contributed by atoms with E-state index >= 15 is 0 Å². The lowest BCUT2D eigenvalue weighted by molar-refractivity contribution is -0.00961. The number of benzene rings is 1. The van der Waals surface area contributed by atoms with E-state index in [1.165, 1.54) is 22.9 Å². The summed E-state index contributed by atoms with van der Waals surface area (Å²) >= 11 is 3.19. The lowest BCUT2D eigenvalue weighted by Crippen LogP contribution is -2.22. The molecule has 0 saturated carbocycles.